The highest BCUT2D eigenvalue weighted by Crippen LogP contribution is 2.31. The minimum Gasteiger partial charge on any atom is -0.481 e. The van der Waals surface area contributed by atoms with Crippen LogP contribution in [0.15, 0.2) is 47.4 Å². The van der Waals surface area contributed by atoms with Crippen LogP contribution in [-0.4, -0.2) is 36.9 Å². The maximum Gasteiger partial charge on any atom is 0.307 e. The molecule has 0 bridgehead atoms. The molecule has 0 aromatic heterocycles. The van der Waals surface area contributed by atoms with E-state index in [1.165, 1.54) is 16.4 Å². The number of carboxylic acid groups (broad SMARTS) is 1. The number of rotatable bonds is 4. The standard InChI is InChI=1S/C18H19ClN2O4S/c19-17-10-14(20)5-8-16(17)12-3-6-15(7-4-12)26(24,25)21-9-1-2-13(11-21)18(22)23/h3-8,10,13H,1-2,9,11,20H2,(H,22,23). The number of aliphatic carboxylic acids is 1. The number of sulfonamides is 1. The van der Waals surface area contributed by atoms with Gasteiger partial charge in [-0.05, 0) is 42.7 Å². The summed E-state index contributed by atoms with van der Waals surface area (Å²) >= 11 is 6.20. The predicted molar refractivity (Wildman–Crippen MR) is 100 cm³/mol. The van der Waals surface area contributed by atoms with Gasteiger partial charge >= 0.3 is 5.97 Å². The molecule has 8 heteroatoms. The smallest absolute Gasteiger partial charge is 0.307 e. The van der Waals surface area contributed by atoms with E-state index in [1.807, 2.05) is 0 Å². The van der Waals surface area contributed by atoms with E-state index >= 15 is 0 Å². The molecule has 26 heavy (non-hydrogen) atoms. The van der Waals surface area contributed by atoms with Gasteiger partial charge in [-0.1, -0.05) is 29.8 Å². The first kappa shape index (κ1) is 18.7. The van der Waals surface area contributed by atoms with Crippen LogP contribution < -0.4 is 5.73 Å². The molecule has 1 atom stereocenters. The highest BCUT2D eigenvalue weighted by Gasteiger charge is 2.33. The van der Waals surface area contributed by atoms with Crippen LogP contribution in [0.3, 0.4) is 0 Å². The van der Waals surface area contributed by atoms with Crippen LogP contribution in [0.1, 0.15) is 12.8 Å². The highest BCUT2D eigenvalue weighted by atomic mass is 35.5. The number of hydrogen-bond donors (Lipinski definition) is 2. The highest BCUT2D eigenvalue weighted by molar-refractivity contribution is 7.89. The molecular formula is C18H19ClN2O4S. The Morgan fingerprint density at radius 3 is 2.50 bits per heavy atom. The van der Waals surface area contributed by atoms with Crippen LogP contribution >= 0.6 is 11.6 Å². The molecule has 3 rings (SSSR count). The summed E-state index contributed by atoms with van der Waals surface area (Å²) in [7, 11) is -3.73. The van der Waals surface area contributed by atoms with Gasteiger partial charge in [-0.2, -0.15) is 4.31 Å². The summed E-state index contributed by atoms with van der Waals surface area (Å²) in [5.74, 6) is -1.62. The van der Waals surface area contributed by atoms with Gasteiger partial charge in [0.05, 0.1) is 15.8 Å². The minimum atomic E-state index is -3.73. The van der Waals surface area contributed by atoms with Crippen LogP contribution in [-0.2, 0) is 14.8 Å². The van der Waals surface area contributed by atoms with E-state index in [1.54, 1.807) is 30.3 Å². The number of halogens is 1. The third kappa shape index (κ3) is 3.70. The van der Waals surface area contributed by atoms with Gasteiger partial charge in [0.2, 0.25) is 10.0 Å². The largest absolute Gasteiger partial charge is 0.481 e. The average molecular weight is 395 g/mol. The number of nitrogens with zero attached hydrogens (tertiary/aromatic N) is 1. The van der Waals surface area contributed by atoms with Gasteiger partial charge in [0.1, 0.15) is 0 Å². The molecule has 1 saturated heterocycles. The molecule has 138 valence electrons. The lowest BCUT2D eigenvalue weighted by Crippen LogP contribution is -2.42. The molecule has 1 fully saturated rings. The van der Waals surface area contributed by atoms with Crippen molar-refractivity contribution in [2.24, 2.45) is 5.92 Å². The summed E-state index contributed by atoms with van der Waals surface area (Å²) in [5.41, 5.74) is 7.77. The van der Waals surface area contributed by atoms with E-state index in [-0.39, 0.29) is 11.4 Å². The van der Waals surface area contributed by atoms with Gasteiger partial charge in [0.25, 0.3) is 0 Å². The van der Waals surface area contributed by atoms with Gasteiger partial charge in [-0.3, -0.25) is 4.79 Å². The molecule has 2 aromatic rings. The summed E-state index contributed by atoms with van der Waals surface area (Å²) in [4.78, 5) is 11.3. The molecule has 0 aliphatic carbocycles. The molecule has 0 radical (unpaired) electrons. The van der Waals surface area contributed by atoms with Crippen molar-refractivity contribution < 1.29 is 18.3 Å². The molecule has 2 aromatic carbocycles. The maximum absolute atomic E-state index is 12.8. The van der Waals surface area contributed by atoms with Crippen LogP contribution in [0, 0.1) is 5.92 Å². The minimum absolute atomic E-state index is 0.00318. The fourth-order valence-corrected chi connectivity index (χ4v) is 4.91. The molecular weight excluding hydrogens is 376 g/mol. The number of benzene rings is 2. The molecule has 0 spiro atoms. The molecule has 0 saturated carbocycles. The molecule has 1 unspecified atom stereocenters. The number of piperidine rings is 1. The van der Waals surface area contributed by atoms with E-state index in [9.17, 15) is 13.2 Å². The number of carboxylic acids is 1. The lowest BCUT2D eigenvalue weighted by atomic mass is 10.0. The van der Waals surface area contributed by atoms with Gasteiger partial charge in [-0.25, -0.2) is 8.42 Å². The summed E-state index contributed by atoms with van der Waals surface area (Å²) in [6.07, 6.45) is 1.03. The van der Waals surface area contributed by atoms with Crippen molar-refractivity contribution in [1.29, 1.82) is 0 Å². The van der Waals surface area contributed by atoms with Crippen molar-refractivity contribution in [3.63, 3.8) is 0 Å². The number of nitrogen functional groups attached to an aromatic ring is 1. The van der Waals surface area contributed by atoms with Crippen LogP contribution in [0.4, 0.5) is 5.69 Å². The van der Waals surface area contributed by atoms with E-state index in [4.69, 9.17) is 22.4 Å². The Hall–Kier alpha value is -2.09. The lowest BCUT2D eigenvalue weighted by molar-refractivity contribution is -0.142. The summed E-state index contributed by atoms with van der Waals surface area (Å²) in [6, 6.07) is 11.5. The molecule has 1 heterocycles. The van der Waals surface area contributed by atoms with Gasteiger partial charge < -0.3 is 10.8 Å². The predicted octanol–water partition coefficient (Wildman–Crippen LogP) is 3.07. The van der Waals surface area contributed by atoms with Gasteiger partial charge in [0, 0.05) is 24.3 Å². The molecule has 0 amide bonds. The van der Waals surface area contributed by atoms with E-state index in [0.29, 0.717) is 30.1 Å². The normalized spacial score (nSPS) is 18.6. The fraction of sp³-hybridized carbons (Fsp3) is 0.278. The van der Waals surface area contributed by atoms with Crippen molar-refractivity contribution in [3.8, 4) is 11.1 Å². The Bertz CT molecular complexity index is 929. The second-order valence-electron chi connectivity index (χ2n) is 6.30. The van der Waals surface area contributed by atoms with Gasteiger partial charge in [-0.15, -0.1) is 0 Å². The maximum atomic E-state index is 12.8. The van der Waals surface area contributed by atoms with Crippen LogP contribution in [0.2, 0.25) is 5.02 Å². The summed E-state index contributed by atoms with van der Waals surface area (Å²) in [6.45, 7) is 0.334. The fourth-order valence-electron chi connectivity index (χ4n) is 3.08. The van der Waals surface area contributed by atoms with Crippen molar-refractivity contribution in [1.82, 2.24) is 4.31 Å². The average Bonchev–Trinajstić information content (AvgIpc) is 2.62. The quantitative estimate of drug-likeness (QED) is 0.776. The zero-order valence-electron chi connectivity index (χ0n) is 13.9. The third-order valence-corrected chi connectivity index (χ3v) is 6.72. The van der Waals surface area contributed by atoms with Crippen LogP contribution in [0.5, 0.6) is 0 Å². The van der Waals surface area contributed by atoms with Crippen LogP contribution in [0.25, 0.3) is 11.1 Å². The SMILES string of the molecule is Nc1ccc(-c2ccc(S(=O)(=O)N3CCCC(C(=O)O)C3)cc2)c(Cl)c1. The Morgan fingerprint density at radius 2 is 1.88 bits per heavy atom. The zero-order valence-corrected chi connectivity index (χ0v) is 15.5. The topological polar surface area (TPSA) is 101 Å². The first-order chi connectivity index (χ1) is 12.3. The van der Waals surface area contributed by atoms with Crippen molar-refractivity contribution >= 4 is 33.3 Å². The number of hydrogen-bond acceptors (Lipinski definition) is 4. The summed E-state index contributed by atoms with van der Waals surface area (Å²) in [5, 5.41) is 9.64. The van der Waals surface area contributed by atoms with E-state index in [2.05, 4.69) is 0 Å². The number of nitrogens with two attached hydrogens (primary N) is 1. The molecule has 1 aliphatic rings. The van der Waals surface area contributed by atoms with Gasteiger partial charge in [0.15, 0.2) is 0 Å². The first-order valence-electron chi connectivity index (χ1n) is 8.17. The number of carbonyl (C=O) groups is 1. The first-order valence-corrected chi connectivity index (χ1v) is 9.99. The second-order valence-corrected chi connectivity index (χ2v) is 8.65. The van der Waals surface area contributed by atoms with E-state index in [0.717, 1.165) is 11.1 Å². The Balaban J connectivity index is 1.86. The molecule has 3 N–H and O–H groups in total. The van der Waals surface area contributed by atoms with Crippen molar-refractivity contribution in [2.75, 3.05) is 18.8 Å². The second kappa shape index (κ2) is 7.26. The Morgan fingerprint density at radius 1 is 1.19 bits per heavy atom. The molecule has 6 nitrogen and oxygen atoms in total. The van der Waals surface area contributed by atoms with Crippen molar-refractivity contribution in [2.45, 2.75) is 17.7 Å². The van der Waals surface area contributed by atoms with Crippen molar-refractivity contribution in [3.05, 3.63) is 47.5 Å². The zero-order chi connectivity index (χ0) is 18.9. The van der Waals surface area contributed by atoms with E-state index < -0.39 is 21.9 Å². The Labute approximate surface area is 157 Å². The monoisotopic (exact) mass is 394 g/mol. The Kier molecular flexibility index (Phi) is 5.22. The summed E-state index contributed by atoms with van der Waals surface area (Å²) < 4.78 is 26.9. The lowest BCUT2D eigenvalue weighted by Gasteiger charge is -2.29. The third-order valence-electron chi connectivity index (χ3n) is 4.53. The number of anilines is 1. The molecule has 1 aliphatic heterocycles.